The zero-order valence-electron chi connectivity index (χ0n) is 13.0. The average Bonchev–Trinajstić information content (AvgIpc) is 2.55. The number of unbranched alkanes of at least 4 members (excludes halogenated alkanes) is 2. The number of anilines is 2. The van der Waals surface area contributed by atoms with Crippen LogP contribution in [0.2, 0.25) is 0 Å². The van der Waals surface area contributed by atoms with Crippen molar-refractivity contribution in [2.45, 2.75) is 38.1 Å². The van der Waals surface area contributed by atoms with Crippen molar-refractivity contribution in [2.75, 3.05) is 11.1 Å². The summed E-state index contributed by atoms with van der Waals surface area (Å²) in [4.78, 5) is 33.0. The number of Topliss-reactive ketones (excluding diaryl/α,β-unsaturated/α-hetero) is 1. The Morgan fingerprint density at radius 1 is 1.17 bits per heavy atom. The smallest absolute Gasteiger partial charge is 0.224 e. The van der Waals surface area contributed by atoms with E-state index >= 15 is 0 Å². The highest BCUT2D eigenvalue weighted by Crippen LogP contribution is 2.17. The Kier molecular flexibility index (Phi) is 8.31. The highest BCUT2D eigenvalue weighted by atomic mass is 16.2. The molecule has 0 aliphatic heterocycles. The van der Waals surface area contributed by atoms with Crippen LogP contribution in [0.25, 0.3) is 0 Å². The number of allylic oxidation sites excluding steroid dienone is 1. The molecular weight excluding hydrogens is 294 g/mol. The number of hydrogen-bond donors (Lipinski definition) is 3. The van der Waals surface area contributed by atoms with Crippen LogP contribution in [0, 0.1) is 0 Å². The molecule has 1 aromatic rings. The van der Waals surface area contributed by atoms with E-state index in [-0.39, 0.29) is 12.2 Å². The van der Waals surface area contributed by atoms with Crippen LogP contribution in [0.1, 0.15) is 32.1 Å². The Labute approximate surface area is 135 Å². The number of nitrogen functional groups attached to an aromatic ring is 1. The molecule has 0 bridgehead atoms. The molecule has 0 aliphatic carbocycles. The second kappa shape index (κ2) is 10.3. The predicted molar refractivity (Wildman–Crippen MR) is 90.8 cm³/mol. The van der Waals surface area contributed by atoms with Crippen LogP contribution >= 0.6 is 0 Å². The number of carbonyl (C=O) groups is 3. The van der Waals surface area contributed by atoms with Crippen LogP contribution in [0.3, 0.4) is 0 Å². The fourth-order valence-corrected chi connectivity index (χ4v) is 1.94. The number of hydrogen-bond acceptors (Lipinski definition) is 5. The first kappa shape index (κ1) is 18.6. The molecule has 0 aliphatic rings. The van der Waals surface area contributed by atoms with E-state index in [0.717, 1.165) is 19.3 Å². The molecule has 1 amide bonds. The minimum absolute atomic E-state index is 0.0644. The molecule has 5 N–H and O–H groups in total. The first-order valence-corrected chi connectivity index (χ1v) is 7.58. The van der Waals surface area contributed by atoms with Crippen molar-refractivity contribution in [3.8, 4) is 0 Å². The van der Waals surface area contributed by atoms with Gasteiger partial charge in [0.05, 0.1) is 17.4 Å². The van der Waals surface area contributed by atoms with Gasteiger partial charge in [-0.1, -0.05) is 24.3 Å². The fraction of sp³-hybridized carbons (Fsp3) is 0.353. The lowest BCUT2D eigenvalue weighted by atomic mass is 10.1. The third-order valence-corrected chi connectivity index (χ3v) is 3.30. The van der Waals surface area contributed by atoms with Crippen LogP contribution in [0.15, 0.2) is 36.4 Å². The van der Waals surface area contributed by atoms with Gasteiger partial charge < -0.3 is 16.8 Å². The highest BCUT2D eigenvalue weighted by Gasteiger charge is 2.09. The lowest BCUT2D eigenvalue weighted by molar-refractivity contribution is -0.130. The number of carbonyl (C=O) groups excluding carboxylic acids is 3. The van der Waals surface area contributed by atoms with Crippen molar-refractivity contribution in [3.63, 3.8) is 0 Å². The minimum atomic E-state index is -0.758. The number of ketones is 1. The summed E-state index contributed by atoms with van der Waals surface area (Å²) in [5, 5.41) is 2.78. The molecule has 124 valence electrons. The summed E-state index contributed by atoms with van der Waals surface area (Å²) in [5.41, 5.74) is 12.4. The van der Waals surface area contributed by atoms with Gasteiger partial charge in [-0.15, -0.1) is 0 Å². The zero-order valence-corrected chi connectivity index (χ0v) is 13.0. The molecule has 1 rings (SSSR count). The Balaban J connectivity index is 2.15. The van der Waals surface area contributed by atoms with Gasteiger partial charge in [-0.2, -0.15) is 0 Å². The third-order valence-electron chi connectivity index (χ3n) is 3.30. The summed E-state index contributed by atoms with van der Waals surface area (Å²) in [6.45, 7) is 0. The maximum atomic E-state index is 11.8. The minimum Gasteiger partial charge on any atom is -0.397 e. The van der Waals surface area contributed by atoms with Gasteiger partial charge in [0.25, 0.3) is 0 Å². The van der Waals surface area contributed by atoms with Crippen LogP contribution < -0.4 is 16.8 Å². The van der Waals surface area contributed by atoms with Gasteiger partial charge in [-0.05, 0) is 37.8 Å². The summed E-state index contributed by atoms with van der Waals surface area (Å²) in [6, 6.07) is 6.37. The Bertz CT molecular complexity index is 570. The fourth-order valence-electron chi connectivity index (χ4n) is 1.94. The normalized spacial score (nSPS) is 12.0. The maximum Gasteiger partial charge on any atom is 0.224 e. The number of nitrogens with two attached hydrogens (primary N) is 2. The molecule has 1 aromatic carbocycles. The average molecular weight is 317 g/mol. The van der Waals surface area contributed by atoms with E-state index < -0.39 is 11.8 Å². The largest absolute Gasteiger partial charge is 0.397 e. The van der Waals surface area contributed by atoms with Crippen LogP contribution in [-0.4, -0.2) is 24.0 Å². The maximum absolute atomic E-state index is 11.8. The summed E-state index contributed by atoms with van der Waals surface area (Å²) < 4.78 is 0. The first-order valence-electron chi connectivity index (χ1n) is 7.58. The first-order chi connectivity index (χ1) is 11.0. The van der Waals surface area contributed by atoms with E-state index in [9.17, 15) is 14.4 Å². The number of amides is 1. The molecule has 0 heterocycles. The van der Waals surface area contributed by atoms with Crippen molar-refractivity contribution in [2.24, 2.45) is 5.73 Å². The molecule has 0 unspecified atom stereocenters. The van der Waals surface area contributed by atoms with Crippen molar-refractivity contribution in [3.05, 3.63) is 36.4 Å². The summed E-state index contributed by atoms with van der Waals surface area (Å²) in [6.07, 6.45) is 7.12. The molecule has 0 saturated heterocycles. The van der Waals surface area contributed by atoms with Gasteiger partial charge in [0, 0.05) is 6.42 Å². The van der Waals surface area contributed by atoms with Gasteiger partial charge in [0.2, 0.25) is 11.7 Å². The summed E-state index contributed by atoms with van der Waals surface area (Å²) >= 11 is 0. The van der Waals surface area contributed by atoms with Crippen LogP contribution in [0.4, 0.5) is 11.4 Å². The molecule has 0 aromatic heterocycles. The summed E-state index contributed by atoms with van der Waals surface area (Å²) in [7, 11) is 0. The number of benzene rings is 1. The molecule has 0 saturated carbocycles. The van der Waals surface area contributed by atoms with Crippen LogP contribution in [0.5, 0.6) is 0 Å². The Hall–Kier alpha value is -2.47. The number of nitrogens with one attached hydrogen (secondary N) is 1. The van der Waals surface area contributed by atoms with E-state index in [1.54, 1.807) is 18.2 Å². The quantitative estimate of drug-likeness (QED) is 0.200. The topological polar surface area (TPSA) is 115 Å². The molecule has 0 spiro atoms. The SMILES string of the molecule is Nc1ccccc1NC(=O)CCCC/C=C/C[C@@H](N)C(=O)C=O. The van der Waals surface area contributed by atoms with Gasteiger partial charge in [-0.25, -0.2) is 0 Å². The monoisotopic (exact) mass is 317 g/mol. The standard InChI is InChI=1S/C17H23N3O3/c18-13-8-6-7-10-15(13)20-17(23)11-5-3-1-2-4-9-14(19)16(22)12-21/h2,4,6-8,10,12,14H,1,3,5,9,11,18-19H2,(H,20,23)/b4-2+/t14-/m1/s1. The van der Waals surface area contributed by atoms with Gasteiger partial charge in [0.1, 0.15) is 0 Å². The lowest BCUT2D eigenvalue weighted by Crippen LogP contribution is -2.30. The van der Waals surface area contributed by atoms with Crippen molar-refractivity contribution in [1.82, 2.24) is 0 Å². The molecule has 0 fully saturated rings. The zero-order chi connectivity index (χ0) is 17.1. The lowest BCUT2D eigenvalue weighted by Gasteiger charge is -2.07. The van der Waals surface area contributed by atoms with E-state index in [1.165, 1.54) is 0 Å². The van der Waals surface area contributed by atoms with Crippen molar-refractivity contribution in [1.29, 1.82) is 0 Å². The molecule has 6 heteroatoms. The molecule has 0 radical (unpaired) electrons. The number of rotatable bonds is 10. The Morgan fingerprint density at radius 3 is 2.61 bits per heavy atom. The van der Waals surface area contributed by atoms with E-state index in [2.05, 4.69) is 5.32 Å². The Morgan fingerprint density at radius 2 is 1.91 bits per heavy atom. The van der Waals surface area contributed by atoms with Crippen molar-refractivity contribution < 1.29 is 14.4 Å². The molecule has 6 nitrogen and oxygen atoms in total. The molecule has 1 atom stereocenters. The van der Waals surface area contributed by atoms with E-state index in [4.69, 9.17) is 11.5 Å². The van der Waals surface area contributed by atoms with Gasteiger partial charge >= 0.3 is 0 Å². The highest BCUT2D eigenvalue weighted by molar-refractivity contribution is 6.27. The van der Waals surface area contributed by atoms with Gasteiger partial charge in [-0.3, -0.25) is 14.4 Å². The second-order valence-corrected chi connectivity index (χ2v) is 5.22. The predicted octanol–water partition coefficient (Wildman–Crippen LogP) is 1.81. The van der Waals surface area contributed by atoms with E-state index in [1.807, 2.05) is 18.2 Å². The van der Waals surface area contributed by atoms with Gasteiger partial charge in [0.15, 0.2) is 6.29 Å². The van der Waals surface area contributed by atoms with Crippen LogP contribution in [-0.2, 0) is 14.4 Å². The second-order valence-electron chi connectivity index (χ2n) is 5.22. The number of aldehydes is 1. The third kappa shape index (κ3) is 7.37. The molecule has 23 heavy (non-hydrogen) atoms. The molecular formula is C17H23N3O3. The number of para-hydroxylation sites is 2. The van der Waals surface area contributed by atoms with Crippen molar-refractivity contribution >= 4 is 29.4 Å². The van der Waals surface area contributed by atoms with E-state index in [0.29, 0.717) is 24.2 Å². The summed E-state index contributed by atoms with van der Waals surface area (Å²) in [5.74, 6) is -0.656.